The summed E-state index contributed by atoms with van der Waals surface area (Å²) < 4.78 is 80.9. The van der Waals surface area contributed by atoms with E-state index in [0.717, 1.165) is 130 Å². The van der Waals surface area contributed by atoms with Crippen molar-refractivity contribution >= 4 is 30.1 Å². The summed E-state index contributed by atoms with van der Waals surface area (Å²) in [6.07, 6.45) is 15.3. The van der Waals surface area contributed by atoms with Crippen LogP contribution in [-0.2, 0) is 62.2 Å². The van der Waals surface area contributed by atoms with E-state index in [0.29, 0.717) is 16.2 Å². The normalized spacial score (nSPS) is 17.6. The number of hydrogen-bond acceptors (Lipinski definition) is 6. The lowest BCUT2D eigenvalue weighted by Gasteiger charge is -2.25. The molecule has 3 aromatic carbocycles. The van der Waals surface area contributed by atoms with E-state index in [1.807, 2.05) is 43.3 Å². The van der Waals surface area contributed by atoms with Crippen LogP contribution in [-0.4, -0.2) is 31.3 Å². The molecular formula is C42H63N5O6S3. The van der Waals surface area contributed by atoms with Gasteiger partial charge in [0.15, 0.2) is 0 Å². The van der Waals surface area contributed by atoms with Gasteiger partial charge in [-0.1, -0.05) is 110 Å². The lowest BCUT2D eigenvalue weighted by atomic mass is 10.00. The number of sulfonamides is 3. The average Bonchev–Trinajstić information content (AvgIpc) is 3.43. The first-order valence-corrected chi connectivity index (χ1v) is 24.8. The number of aryl methyl sites for hydroxylation is 4. The minimum atomic E-state index is -3.91. The van der Waals surface area contributed by atoms with Crippen LogP contribution < -0.4 is 9.44 Å². The molecule has 3 aromatic rings. The Morgan fingerprint density at radius 3 is 1.75 bits per heavy atom. The standard InChI is InChI=1S/C14H21N3O2S.2C14H21NO2S/c1-3-5-7-12-9-10-13(8-6-4-2)14(11-12)20(18,19)17-16-15;1-3-5-6-11-7-8-12-10-13(4-2)15-18(16,17)14(12)9-11;1-3-5-7-11-8-9-12-13(6-4-2)15-18(16,17)14(12)10-11/h9-11H,3-8H2,1-2H3;7-9,13,15H,3-6,10H2,1-2H3;8-10,13,15H,3-7H2,1-2H3. The molecule has 0 radical (unpaired) electrons. The summed E-state index contributed by atoms with van der Waals surface area (Å²) in [7, 11) is -10.5. The molecule has 56 heavy (non-hydrogen) atoms. The zero-order valence-electron chi connectivity index (χ0n) is 34.2. The molecule has 0 spiro atoms. The molecule has 2 aliphatic heterocycles. The van der Waals surface area contributed by atoms with Gasteiger partial charge in [0.25, 0.3) is 10.0 Å². The highest BCUT2D eigenvalue weighted by Crippen LogP contribution is 2.34. The van der Waals surface area contributed by atoms with Gasteiger partial charge in [0.05, 0.1) is 14.7 Å². The maximum atomic E-state index is 12.2. The number of rotatable bonds is 17. The summed E-state index contributed by atoms with van der Waals surface area (Å²) in [5, 5.41) is 0. The lowest BCUT2D eigenvalue weighted by molar-refractivity contribution is 0.518. The third kappa shape index (κ3) is 13.4. The SMILES string of the molecule is CCCCc1ccc(CCCC)c(S(=O)(=O)N=[N+]=[N-])c1.CCCCc1ccc2c(c1)S(=O)(=O)NC(CC)C2.CCCCc1ccc2c(c1)S(=O)(=O)NC2CCC. The van der Waals surface area contributed by atoms with Crippen LogP contribution >= 0.6 is 0 Å². The van der Waals surface area contributed by atoms with Crippen molar-refractivity contribution in [2.24, 2.45) is 4.52 Å². The number of unbranched alkanes of at least 4 members (excludes halogenated alkanes) is 4. The van der Waals surface area contributed by atoms with Crippen LogP contribution in [0.5, 0.6) is 0 Å². The second-order valence-corrected chi connectivity index (χ2v) is 19.6. The highest BCUT2D eigenvalue weighted by atomic mass is 32.2. The van der Waals surface area contributed by atoms with Crippen LogP contribution in [0.2, 0.25) is 0 Å². The number of nitrogens with zero attached hydrogens (tertiary/aromatic N) is 3. The number of hydrogen-bond donors (Lipinski definition) is 2. The summed E-state index contributed by atoms with van der Waals surface area (Å²) in [6, 6.07) is 17.3. The molecule has 2 unspecified atom stereocenters. The average molecular weight is 830 g/mol. The molecule has 0 aromatic heterocycles. The number of benzene rings is 3. The zero-order valence-corrected chi connectivity index (χ0v) is 36.6. The first-order valence-electron chi connectivity index (χ1n) is 20.4. The Bertz CT molecular complexity index is 2100. The van der Waals surface area contributed by atoms with Crippen molar-refractivity contribution in [1.82, 2.24) is 9.44 Å². The van der Waals surface area contributed by atoms with E-state index >= 15 is 0 Å². The Hall–Kier alpha value is -3.26. The molecule has 2 N–H and O–H groups in total. The molecule has 0 fully saturated rings. The van der Waals surface area contributed by atoms with Crippen molar-refractivity contribution in [2.75, 3.05) is 0 Å². The highest BCUT2D eigenvalue weighted by Gasteiger charge is 2.33. The van der Waals surface area contributed by atoms with Crippen LogP contribution in [0.3, 0.4) is 0 Å². The minimum Gasteiger partial charge on any atom is -0.216 e. The molecule has 0 amide bonds. The third-order valence-corrected chi connectivity index (χ3v) is 14.5. The van der Waals surface area contributed by atoms with Crippen molar-refractivity contribution in [3.05, 3.63) is 98.4 Å². The molecule has 5 rings (SSSR count). The fraction of sp³-hybridized carbons (Fsp3) is 0.571. The molecule has 0 aliphatic carbocycles. The Balaban J connectivity index is 0.000000226. The van der Waals surface area contributed by atoms with Crippen molar-refractivity contribution in [1.29, 1.82) is 0 Å². The summed E-state index contributed by atoms with van der Waals surface area (Å²) in [6.45, 7) is 12.5. The van der Waals surface area contributed by atoms with E-state index in [1.54, 1.807) is 6.07 Å². The molecule has 14 heteroatoms. The maximum absolute atomic E-state index is 12.2. The molecule has 0 bridgehead atoms. The Labute approximate surface area is 337 Å². The first-order chi connectivity index (χ1) is 26.7. The van der Waals surface area contributed by atoms with Gasteiger partial charge in [-0.15, -0.1) is 0 Å². The summed E-state index contributed by atoms with van der Waals surface area (Å²) in [5.74, 6) is 0. The zero-order chi connectivity index (χ0) is 41.4. The molecule has 11 nitrogen and oxygen atoms in total. The molecule has 2 aliphatic rings. The van der Waals surface area contributed by atoms with E-state index < -0.39 is 30.1 Å². The largest absolute Gasteiger partial charge is 0.264 e. The minimum absolute atomic E-state index is 0.0322. The van der Waals surface area contributed by atoms with Gasteiger partial charge in [0.1, 0.15) is 0 Å². The fourth-order valence-electron chi connectivity index (χ4n) is 6.87. The van der Waals surface area contributed by atoms with Gasteiger partial charge in [-0.05, 0) is 128 Å². The van der Waals surface area contributed by atoms with Crippen LogP contribution in [0.25, 0.3) is 10.4 Å². The predicted molar refractivity (Wildman–Crippen MR) is 226 cm³/mol. The quantitative estimate of drug-likeness (QED) is 0.0777. The van der Waals surface area contributed by atoms with Gasteiger partial charge in [0, 0.05) is 21.5 Å². The van der Waals surface area contributed by atoms with Crippen molar-refractivity contribution in [3.63, 3.8) is 0 Å². The van der Waals surface area contributed by atoms with Gasteiger partial charge in [0.2, 0.25) is 20.0 Å². The van der Waals surface area contributed by atoms with Crippen LogP contribution in [0.1, 0.15) is 152 Å². The van der Waals surface area contributed by atoms with Gasteiger partial charge in [-0.2, -0.15) is 0 Å². The lowest BCUT2D eigenvalue weighted by Crippen LogP contribution is -2.40. The maximum Gasteiger partial charge on any atom is 0.264 e. The third-order valence-electron chi connectivity index (χ3n) is 10.1. The first kappa shape index (κ1) is 47.1. The molecule has 310 valence electrons. The summed E-state index contributed by atoms with van der Waals surface area (Å²) in [5.41, 5.74) is 14.3. The second kappa shape index (κ2) is 22.6. The van der Waals surface area contributed by atoms with Gasteiger partial charge < -0.3 is 0 Å². The smallest absolute Gasteiger partial charge is 0.216 e. The Morgan fingerprint density at radius 1 is 0.679 bits per heavy atom. The molecule has 0 saturated heterocycles. The summed E-state index contributed by atoms with van der Waals surface area (Å²) >= 11 is 0. The van der Waals surface area contributed by atoms with E-state index in [-0.39, 0.29) is 17.0 Å². The fourth-order valence-corrected chi connectivity index (χ4v) is 11.0. The van der Waals surface area contributed by atoms with E-state index in [9.17, 15) is 25.3 Å². The topological polar surface area (TPSA) is 175 Å². The van der Waals surface area contributed by atoms with Crippen molar-refractivity contribution in [2.45, 2.75) is 171 Å². The van der Waals surface area contributed by atoms with Crippen LogP contribution in [0, 0.1) is 0 Å². The Morgan fingerprint density at radius 2 is 1.20 bits per heavy atom. The van der Waals surface area contributed by atoms with Crippen molar-refractivity contribution in [3.8, 4) is 0 Å². The van der Waals surface area contributed by atoms with E-state index in [2.05, 4.69) is 65.6 Å². The monoisotopic (exact) mass is 829 g/mol. The number of azide groups is 1. The Kier molecular flexibility index (Phi) is 19.0. The van der Waals surface area contributed by atoms with Crippen molar-refractivity contribution < 1.29 is 25.3 Å². The number of fused-ring (bicyclic) bond motifs is 2. The van der Waals surface area contributed by atoms with E-state index in [4.69, 9.17) is 5.53 Å². The van der Waals surface area contributed by atoms with Crippen LogP contribution in [0.15, 0.2) is 73.8 Å². The second-order valence-electron chi connectivity index (χ2n) is 14.7. The molecular weight excluding hydrogens is 767 g/mol. The highest BCUT2D eigenvalue weighted by molar-refractivity contribution is 7.90. The molecule has 2 atom stereocenters. The predicted octanol–water partition coefficient (Wildman–Crippen LogP) is 10.2. The van der Waals surface area contributed by atoms with Gasteiger partial charge in [-0.25, -0.2) is 34.7 Å². The van der Waals surface area contributed by atoms with E-state index in [1.165, 1.54) is 0 Å². The van der Waals surface area contributed by atoms with Gasteiger partial charge in [-0.3, -0.25) is 0 Å². The van der Waals surface area contributed by atoms with Gasteiger partial charge >= 0.3 is 0 Å². The molecule has 2 heterocycles. The summed E-state index contributed by atoms with van der Waals surface area (Å²) in [4.78, 5) is 3.58. The number of nitrogens with one attached hydrogen (secondary N) is 2. The molecule has 0 saturated carbocycles. The van der Waals surface area contributed by atoms with Crippen LogP contribution in [0.4, 0.5) is 0 Å².